The first kappa shape index (κ1) is 22.0. The van der Waals surface area contributed by atoms with Crippen LogP contribution in [-0.2, 0) is 4.79 Å². The van der Waals surface area contributed by atoms with Crippen LogP contribution in [0.2, 0.25) is 5.02 Å². The van der Waals surface area contributed by atoms with Crippen LogP contribution >= 0.6 is 11.6 Å². The number of hydrogen-bond acceptors (Lipinski definition) is 3. The van der Waals surface area contributed by atoms with Gasteiger partial charge in [-0.1, -0.05) is 50.1 Å². The average molecular weight is 426 g/mol. The summed E-state index contributed by atoms with van der Waals surface area (Å²) in [5, 5.41) is 0.998. The molecule has 3 aromatic rings. The van der Waals surface area contributed by atoms with Crippen molar-refractivity contribution in [2.24, 2.45) is 5.41 Å². The zero-order valence-electron chi connectivity index (χ0n) is 18.4. The van der Waals surface area contributed by atoms with Crippen LogP contribution in [0.3, 0.4) is 0 Å². The molecule has 0 saturated heterocycles. The summed E-state index contributed by atoms with van der Waals surface area (Å²) in [6, 6.07) is 12.4. The molecule has 0 fully saturated rings. The van der Waals surface area contributed by atoms with Gasteiger partial charge < -0.3 is 4.90 Å². The molecule has 1 unspecified atom stereocenters. The van der Waals surface area contributed by atoms with Gasteiger partial charge in [-0.05, 0) is 49.6 Å². The summed E-state index contributed by atoms with van der Waals surface area (Å²) >= 11 is 6.15. The summed E-state index contributed by atoms with van der Waals surface area (Å²) in [4.78, 5) is 32.7. The lowest BCUT2D eigenvalue weighted by atomic mass is 9.91. The highest BCUT2D eigenvalue weighted by Crippen LogP contribution is 2.26. The Labute approximate surface area is 182 Å². The highest BCUT2D eigenvalue weighted by Gasteiger charge is 2.26. The van der Waals surface area contributed by atoms with Gasteiger partial charge >= 0.3 is 0 Å². The number of carbonyl (C=O) groups is 1. The van der Waals surface area contributed by atoms with E-state index in [4.69, 9.17) is 16.6 Å². The lowest BCUT2D eigenvalue weighted by Crippen LogP contribution is -2.36. The zero-order valence-corrected chi connectivity index (χ0v) is 19.1. The van der Waals surface area contributed by atoms with Gasteiger partial charge in [0.15, 0.2) is 0 Å². The molecule has 0 radical (unpaired) electrons. The van der Waals surface area contributed by atoms with Crippen molar-refractivity contribution in [1.82, 2.24) is 14.5 Å². The van der Waals surface area contributed by atoms with E-state index in [2.05, 4.69) is 0 Å². The van der Waals surface area contributed by atoms with Gasteiger partial charge in [-0.2, -0.15) is 0 Å². The summed E-state index contributed by atoms with van der Waals surface area (Å²) in [6.07, 6.45) is 0.405. The van der Waals surface area contributed by atoms with Crippen molar-refractivity contribution in [3.05, 3.63) is 69.2 Å². The smallest absolute Gasteiger partial charge is 0.266 e. The monoisotopic (exact) mass is 425 g/mol. The molecule has 0 spiro atoms. The van der Waals surface area contributed by atoms with Crippen LogP contribution in [0.1, 0.15) is 51.5 Å². The Morgan fingerprint density at radius 1 is 1.17 bits per heavy atom. The lowest BCUT2D eigenvalue weighted by Gasteiger charge is -2.29. The zero-order chi connectivity index (χ0) is 22.2. The summed E-state index contributed by atoms with van der Waals surface area (Å²) < 4.78 is 1.60. The van der Waals surface area contributed by atoms with E-state index < -0.39 is 6.04 Å². The highest BCUT2D eigenvalue weighted by atomic mass is 35.5. The Hall–Kier alpha value is -2.66. The van der Waals surface area contributed by atoms with Crippen molar-refractivity contribution in [3.63, 3.8) is 0 Å². The molecule has 0 aliphatic rings. The summed E-state index contributed by atoms with van der Waals surface area (Å²) in [5.74, 6) is 0.509. The van der Waals surface area contributed by atoms with Gasteiger partial charge in [0.05, 0.1) is 22.6 Å². The third kappa shape index (κ3) is 4.57. The SMILES string of the molecule is Cc1ccc(-n2c(C(C)N(C)C(=O)CC(C)(C)C)nc3cc(Cl)ccc3c2=O)cc1. The first-order valence-corrected chi connectivity index (χ1v) is 10.4. The number of benzene rings is 2. The Kier molecular flexibility index (Phi) is 6.04. The summed E-state index contributed by atoms with van der Waals surface area (Å²) in [5.41, 5.74) is 2.02. The van der Waals surface area contributed by atoms with E-state index in [1.165, 1.54) is 0 Å². The van der Waals surface area contributed by atoms with Crippen LogP contribution < -0.4 is 5.56 Å². The first-order valence-electron chi connectivity index (χ1n) is 10.0. The maximum atomic E-state index is 13.4. The second-order valence-electron chi connectivity index (χ2n) is 9.03. The van der Waals surface area contributed by atoms with Crippen LogP contribution in [0.15, 0.2) is 47.3 Å². The molecule has 0 aliphatic heterocycles. The fraction of sp³-hybridized carbons (Fsp3) is 0.375. The fourth-order valence-electron chi connectivity index (χ4n) is 3.37. The van der Waals surface area contributed by atoms with E-state index in [0.29, 0.717) is 33.9 Å². The second kappa shape index (κ2) is 8.23. The first-order chi connectivity index (χ1) is 14.0. The predicted octanol–water partition coefficient (Wildman–Crippen LogP) is 5.30. The van der Waals surface area contributed by atoms with E-state index in [0.717, 1.165) is 5.56 Å². The standard InChI is InChI=1S/C24H28ClN3O2/c1-15-7-10-18(11-8-15)28-22(16(2)27(6)21(29)14-24(3,4)5)26-20-13-17(25)9-12-19(20)23(28)30/h7-13,16H,14H2,1-6H3. The minimum absolute atomic E-state index is 0.00546. The van der Waals surface area contributed by atoms with Gasteiger partial charge in [-0.15, -0.1) is 0 Å². The number of fused-ring (bicyclic) bond motifs is 1. The van der Waals surface area contributed by atoms with Gasteiger partial charge in [0.2, 0.25) is 5.91 Å². The Morgan fingerprint density at radius 3 is 2.40 bits per heavy atom. The molecule has 0 aliphatic carbocycles. The topological polar surface area (TPSA) is 55.2 Å². The van der Waals surface area contributed by atoms with Crippen LogP contribution in [0.5, 0.6) is 0 Å². The van der Waals surface area contributed by atoms with Crippen molar-refractivity contribution >= 4 is 28.4 Å². The van der Waals surface area contributed by atoms with E-state index in [-0.39, 0.29) is 16.9 Å². The average Bonchev–Trinajstić information content (AvgIpc) is 2.66. The number of halogens is 1. The number of aryl methyl sites for hydroxylation is 1. The molecule has 1 amide bonds. The minimum atomic E-state index is -0.405. The van der Waals surface area contributed by atoms with Gasteiger partial charge in [0.25, 0.3) is 5.56 Å². The Bertz CT molecular complexity index is 1140. The van der Waals surface area contributed by atoms with Crippen molar-refractivity contribution in [2.75, 3.05) is 7.05 Å². The fourth-order valence-corrected chi connectivity index (χ4v) is 3.53. The van der Waals surface area contributed by atoms with Crippen molar-refractivity contribution < 1.29 is 4.79 Å². The molecule has 1 aromatic heterocycles. The van der Waals surface area contributed by atoms with Gasteiger partial charge in [0.1, 0.15) is 5.82 Å². The number of nitrogens with zero attached hydrogens (tertiary/aromatic N) is 3. The summed E-state index contributed by atoms with van der Waals surface area (Å²) in [7, 11) is 1.76. The lowest BCUT2D eigenvalue weighted by molar-refractivity contribution is -0.133. The molecule has 0 saturated carbocycles. The number of hydrogen-bond donors (Lipinski definition) is 0. The van der Waals surface area contributed by atoms with E-state index in [1.54, 1.807) is 34.7 Å². The maximum absolute atomic E-state index is 13.4. The van der Waals surface area contributed by atoms with Crippen molar-refractivity contribution in [3.8, 4) is 5.69 Å². The van der Waals surface area contributed by atoms with Crippen LogP contribution in [-0.4, -0.2) is 27.4 Å². The molecule has 0 bridgehead atoms. The van der Waals surface area contributed by atoms with Crippen LogP contribution in [0.4, 0.5) is 0 Å². The minimum Gasteiger partial charge on any atom is -0.336 e. The van der Waals surface area contributed by atoms with E-state index in [1.807, 2.05) is 58.9 Å². The van der Waals surface area contributed by atoms with Crippen molar-refractivity contribution in [2.45, 2.75) is 47.1 Å². The highest BCUT2D eigenvalue weighted by molar-refractivity contribution is 6.31. The largest absolute Gasteiger partial charge is 0.336 e. The second-order valence-corrected chi connectivity index (χ2v) is 9.46. The molecule has 5 nitrogen and oxygen atoms in total. The van der Waals surface area contributed by atoms with E-state index in [9.17, 15) is 9.59 Å². The molecule has 0 N–H and O–H groups in total. The van der Waals surface area contributed by atoms with Crippen LogP contribution in [0, 0.1) is 12.3 Å². The third-order valence-corrected chi connectivity index (χ3v) is 5.41. The molecular weight excluding hydrogens is 398 g/mol. The predicted molar refractivity (Wildman–Crippen MR) is 122 cm³/mol. The molecule has 1 atom stereocenters. The van der Waals surface area contributed by atoms with Gasteiger partial charge in [0, 0.05) is 18.5 Å². The number of aromatic nitrogens is 2. The van der Waals surface area contributed by atoms with Crippen molar-refractivity contribution in [1.29, 1.82) is 0 Å². The van der Waals surface area contributed by atoms with Gasteiger partial charge in [-0.25, -0.2) is 4.98 Å². The Balaban J connectivity index is 2.20. The Morgan fingerprint density at radius 2 is 1.80 bits per heavy atom. The van der Waals surface area contributed by atoms with Gasteiger partial charge in [-0.3, -0.25) is 14.2 Å². The molecule has 1 heterocycles. The molecular formula is C24H28ClN3O2. The third-order valence-electron chi connectivity index (χ3n) is 5.18. The normalized spacial score (nSPS) is 12.8. The van der Waals surface area contributed by atoms with E-state index >= 15 is 0 Å². The number of rotatable bonds is 4. The maximum Gasteiger partial charge on any atom is 0.266 e. The van der Waals surface area contributed by atoms with Crippen LogP contribution in [0.25, 0.3) is 16.6 Å². The number of carbonyl (C=O) groups excluding carboxylic acids is 1. The molecule has 158 valence electrons. The quantitative estimate of drug-likeness (QED) is 0.569. The molecule has 6 heteroatoms. The molecule has 3 rings (SSSR count). The number of amides is 1. The molecule has 30 heavy (non-hydrogen) atoms. The molecule has 2 aromatic carbocycles. The summed E-state index contributed by atoms with van der Waals surface area (Å²) in [6.45, 7) is 9.98.